The van der Waals surface area contributed by atoms with E-state index in [1.165, 1.54) is 23.0 Å². The summed E-state index contributed by atoms with van der Waals surface area (Å²) in [4.78, 5) is 36.1. The van der Waals surface area contributed by atoms with Crippen molar-refractivity contribution in [1.82, 2.24) is 29.4 Å². The summed E-state index contributed by atoms with van der Waals surface area (Å²) in [6.45, 7) is 10.7. The van der Waals surface area contributed by atoms with Gasteiger partial charge in [-0.25, -0.2) is 19.4 Å². The molecule has 1 N–H and O–H groups in total. The number of hydrogen-bond acceptors (Lipinski definition) is 9. The molecule has 1 saturated carbocycles. The Balaban J connectivity index is 1.05. The second-order valence-corrected chi connectivity index (χ2v) is 15.5. The van der Waals surface area contributed by atoms with Gasteiger partial charge in [0.05, 0.1) is 24.2 Å². The topological polar surface area (TPSA) is 121 Å². The second-order valence-electron chi connectivity index (χ2n) is 14.3. The summed E-state index contributed by atoms with van der Waals surface area (Å²) in [7, 11) is 0. The van der Waals surface area contributed by atoms with E-state index in [-0.39, 0.29) is 54.1 Å². The Morgan fingerprint density at radius 2 is 1.78 bits per heavy atom. The lowest BCUT2D eigenvalue weighted by Crippen LogP contribution is -2.45. The van der Waals surface area contributed by atoms with Crippen LogP contribution in [0.25, 0.3) is 5.82 Å². The minimum atomic E-state index is -4.23. The largest absolute Gasteiger partial charge is 0.478 e. The predicted octanol–water partition coefficient (Wildman–Crippen LogP) is 8.06. The molecule has 1 unspecified atom stereocenters. The van der Waals surface area contributed by atoms with Crippen LogP contribution < -0.4 is 14.2 Å². The van der Waals surface area contributed by atoms with Gasteiger partial charge in [0.15, 0.2) is 5.82 Å². The summed E-state index contributed by atoms with van der Waals surface area (Å²) < 4.78 is 60.4. The van der Waals surface area contributed by atoms with E-state index in [2.05, 4.69) is 33.6 Å². The zero-order valence-corrected chi connectivity index (χ0v) is 30.3. The molecule has 0 bridgehead atoms. The number of rotatable bonds is 13. The fraction of sp³-hybridized carbons (Fsp3) is 0.559. The number of hydrogen-bond donors (Lipinski definition) is 1. The predicted molar refractivity (Wildman–Crippen MR) is 182 cm³/mol. The fourth-order valence-corrected chi connectivity index (χ4v) is 6.69. The minimum Gasteiger partial charge on any atom is -0.478 e. The summed E-state index contributed by atoms with van der Waals surface area (Å²) in [6, 6.07) is 9.81. The highest BCUT2D eigenvalue weighted by atomic mass is 35.5. The summed E-state index contributed by atoms with van der Waals surface area (Å²) in [6.07, 6.45) is -0.306. The van der Waals surface area contributed by atoms with Crippen molar-refractivity contribution in [2.45, 2.75) is 95.5 Å². The molecule has 11 nitrogen and oxygen atoms in total. The van der Waals surface area contributed by atoms with E-state index in [0.29, 0.717) is 35.8 Å². The van der Waals surface area contributed by atoms with Crippen LogP contribution in [-0.2, 0) is 4.74 Å². The van der Waals surface area contributed by atoms with Crippen LogP contribution in [-0.4, -0.2) is 73.7 Å². The minimum absolute atomic E-state index is 0.0654. The van der Waals surface area contributed by atoms with Crippen molar-refractivity contribution in [3.05, 3.63) is 53.3 Å². The Hall–Kier alpha value is -3.72. The van der Waals surface area contributed by atoms with Gasteiger partial charge in [0.25, 0.3) is 5.91 Å². The Morgan fingerprint density at radius 3 is 2.46 bits per heavy atom. The molecule has 3 aromatic rings. The van der Waals surface area contributed by atoms with Crippen LogP contribution in [0.2, 0.25) is 5.15 Å². The first-order chi connectivity index (χ1) is 23.4. The fourth-order valence-electron chi connectivity index (χ4n) is 5.86. The zero-order chi connectivity index (χ0) is 36.3. The van der Waals surface area contributed by atoms with Crippen LogP contribution in [0.3, 0.4) is 0 Å². The second kappa shape index (κ2) is 14.9. The van der Waals surface area contributed by atoms with E-state index in [4.69, 9.17) is 25.8 Å². The Kier molecular flexibility index (Phi) is 11.2. The average Bonchev–Trinajstić information content (AvgIpc) is 3.57. The summed E-state index contributed by atoms with van der Waals surface area (Å²) in [5, 5.41) is 4.65. The van der Waals surface area contributed by atoms with Crippen LogP contribution in [0, 0.1) is 11.3 Å². The maximum Gasteiger partial charge on any atom is 0.410 e. The number of aromatic nitrogens is 4. The first-order valence-corrected chi connectivity index (χ1v) is 17.6. The van der Waals surface area contributed by atoms with Gasteiger partial charge in [-0.3, -0.25) is 9.52 Å². The number of amides is 2. The molecule has 5 rings (SSSR count). The SMILES string of the molecule is CC(C)(C)OC(=O)N1CC(CCCOc2cccc(SNC(=O)c3ccc(-n4ccc(OCCC5(C(F)(F)F)CC5)n4)nc3Cl)n2)CC1(C)C. The molecule has 4 heterocycles. The van der Waals surface area contributed by atoms with Crippen LogP contribution in [0.4, 0.5) is 18.0 Å². The van der Waals surface area contributed by atoms with E-state index in [0.717, 1.165) is 31.2 Å². The molecule has 0 radical (unpaired) electrons. The lowest BCUT2D eigenvalue weighted by molar-refractivity contribution is -0.190. The Labute approximate surface area is 298 Å². The zero-order valence-electron chi connectivity index (χ0n) is 28.7. The highest BCUT2D eigenvalue weighted by Crippen LogP contribution is 2.59. The normalized spacial score (nSPS) is 18.1. The lowest BCUT2D eigenvalue weighted by atomic mass is 9.93. The quantitative estimate of drug-likeness (QED) is 0.105. The number of pyridine rings is 2. The van der Waals surface area contributed by atoms with Crippen molar-refractivity contribution in [2.24, 2.45) is 11.3 Å². The Bertz CT molecular complexity index is 1680. The highest BCUT2D eigenvalue weighted by Gasteiger charge is 2.62. The molecule has 1 aliphatic heterocycles. The van der Waals surface area contributed by atoms with E-state index in [1.54, 1.807) is 24.3 Å². The molecular formula is C34H42ClF3N6O5S. The smallest absolute Gasteiger partial charge is 0.410 e. The molecular weight excluding hydrogens is 697 g/mol. The molecule has 1 saturated heterocycles. The first-order valence-electron chi connectivity index (χ1n) is 16.4. The van der Waals surface area contributed by atoms with Gasteiger partial charge in [-0.05, 0) is 97.3 Å². The van der Waals surface area contributed by atoms with Gasteiger partial charge in [-0.2, -0.15) is 13.2 Å². The molecule has 1 atom stereocenters. The molecule has 0 aromatic carbocycles. The molecule has 2 fully saturated rings. The van der Waals surface area contributed by atoms with Crippen molar-refractivity contribution in [3.8, 4) is 17.6 Å². The molecule has 16 heteroatoms. The van der Waals surface area contributed by atoms with Gasteiger partial charge in [-0.1, -0.05) is 17.7 Å². The maximum atomic E-state index is 13.1. The van der Waals surface area contributed by atoms with Gasteiger partial charge in [0.1, 0.15) is 15.8 Å². The Morgan fingerprint density at radius 1 is 1.04 bits per heavy atom. The summed E-state index contributed by atoms with van der Waals surface area (Å²) in [5.41, 5.74) is -2.34. The van der Waals surface area contributed by atoms with E-state index < -0.39 is 23.1 Å². The van der Waals surface area contributed by atoms with Crippen LogP contribution in [0.5, 0.6) is 11.8 Å². The van der Waals surface area contributed by atoms with Crippen molar-refractivity contribution >= 4 is 35.5 Å². The molecule has 3 aromatic heterocycles. The molecule has 272 valence electrons. The number of carbonyl (C=O) groups is 2. The average molecular weight is 739 g/mol. The van der Waals surface area contributed by atoms with Gasteiger partial charge in [0, 0.05) is 42.4 Å². The van der Waals surface area contributed by atoms with Crippen molar-refractivity contribution in [1.29, 1.82) is 0 Å². The molecule has 2 aliphatic rings. The van der Waals surface area contributed by atoms with E-state index >= 15 is 0 Å². The maximum absolute atomic E-state index is 13.1. The van der Waals surface area contributed by atoms with Crippen molar-refractivity contribution < 1.29 is 37.0 Å². The third kappa shape index (κ3) is 9.53. The van der Waals surface area contributed by atoms with E-state index in [1.807, 2.05) is 25.7 Å². The lowest BCUT2D eigenvalue weighted by Gasteiger charge is -2.33. The molecule has 1 aliphatic carbocycles. The summed E-state index contributed by atoms with van der Waals surface area (Å²) in [5.74, 6) is 0.724. The molecule has 2 amide bonds. The van der Waals surface area contributed by atoms with E-state index in [9.17, 15) is 22.8 Å². The third-order valence-electron chi connectivity index (χ3n) is 8.69. The number of nitrogens with zero attached hydrogens (tertiary/aromatic N) is 5. The number of ether oxygens (including phenoxy) is 3. The van der Waals surface area contributed by atoms with Crippen LogP contribution in [0.1, 0.15) is 83.5 Å². The molecule has 50 heavy (non-hydrogen) atoms. The first kappa shape index (κ1) is 37.5. The van der Waals surface area contributed by atoms with Crippen molar-refractivity contribution in [3.63, 3.8) is 0 Å². The number of halogens is 4. The van der Waals surface area contributed by atoms with Crippen LogP contribution in [0.15, 0.2) is 47.6 Å². The highest BCUT2D eigenvalue weighted by molar-refractivity contribution is 7.97. The van der Waals surface area contributed by atoms with Crippen LogP contribution >= 0.6 is 23.5 Å². The third-order valence-corrected chi connectivity index (χ3v) is 9.70. The monoisotopic (exact) mass is 738 g/mol. The van der Waals surface area contributed by atoms with Gasteiger partial charge < -0.3 is 19.1 Å². The number of carbonyl (C=O) groups excluding carboxylic acids is 2. The number of likely N-dealkylation sites (tertiary alicyclic amines) is 1. The standard InChI is InChI=1S/C34H42ClF3N6O5S/c1-31(2,3)49-30(46)43-21-22(20-32(43,4)5)8-7-18-47-25-9-6-10-27(40-25)50-42-29(45)23-11-12-24(39-28(23)35)44-17-13-26(41-44)48-19-16-33(14-15-33)34(36,37)38/h6,9-13,17,22H,7-8,14-16,18-21H2,1-5H3,(H,42,45). The number of nitrogens with one attached hydrogen (secondary N) is 1. The summed E-state index contributed by atoms with van der Waals surface area (Å²) >= 11 is 7.33. The number of alkyl halides is 3. The molecule has 0 spiro atoms. The van der Waals surface area contributed by atoms with Gasteiger partial charge in [-0.15, -0.1) is 5.10 Å². The van der Waals surface area contributed by atoms with Gasteiger partial charge in [0.2, 0.25) is 11.8 Å². The van der Waals surface area contributed by atoms with Crippen molar-refractivity contribution in [2.75, 3.05) is 19.8 Å². The van der Waals surface area contributed by atoms with Gasteiger partial charge >= 0.3 is 12.3 Å².